The number of benzene rings is 2. The normalized spacial score (nSPS) is 18.7. The van der Waals surface area contributed by atoms with Gasteiger partial charge in [0.15, 0.2) is 0 Å². The van der Waals surface area contributed by atoms with E-state index in [4.69, 9.17) is 5.73 Å². The Morgan fingerprint density at radius 1 is 1.00 bits per heavy atom. The van der Waals surface area contributed by atoms with E-state index < -0.39 is 35.6 Å². The van der Waals surface area contributed by atoms with E-state index in [0.717, 1.165) is 25.9 Å². The summed E-state index contributed by atoms with van der Waals surface area (Å²) in [5.74, 6) is 1.08. The monoisotopic (exact) mass is 535 g/mol. The van der Waals surface area contributed by atoms with Gasteiger partial charge in [-0.25, -0.2) is 4.39 Å². The Bertz CT molecular complexity index is 945. The van der Waals surface area contributed by atoms with Crippen LogP contribution in [-0.4, -0.2) is 19.1 Å². The first-order valence-corrected chi connectivity index (χ1v) is 12.2. The minimum absolute atomic E-state index is 0.00565. The van der Waals surface area contributed by atoms with E-state index in [0.29, 0.717) is 30.0 Å². The van der Waals surface area contributed by atoms with E-state index in [-0.39, 0.29) is 11.9 Å². The van der Waals surface area contributed by atoms with Crippen LogP contribution in [0.15, 0.2) is 47.6 Å². The third-order valence-corrected chi connectivity index (χ3v) is 6.46. The molecule has 1 aliphatic rings. The summed E-state index contributed by atoms with van der Waals surface area (Å²) in [6.45, 7) is 3.18. The van der Waals surface area contributed by atoms with Gasteiger partial charge in [-0.2, -0.15) is 31.2 Å². The van der Waals surface area contributed by atoms with E-state index in [1.165, 1.54) is 24.8 Å². The van der Waals surface area contributed by atoms with Gasteiger partial charge >= 0.3 is 12.4 Å². The number of nitrogens with one attached hydrogen (secondary N) is 1. The minimum atomic E-state index is -4.90. The molecule has 11 heteroatoms. The van der Waals surface area contributed by atoms with Crippen LogP contribution in [0.25, 0.3) is 0 Å². The molecule has 0 aromatic heterocycles. The van der Waals surface area contributed by atoms with Gasteiger partial charge in [0.2, 0.25) is 0 Å². The van der Waals surface area contributed by atoms with Gasteiger partial charge in [-0.15, -0.1) is 0 Å². The SMILES string of the molecule is CCNC(CCCN)C1CCCC1c1ccc(F)cc1.O=NCc1cc(C(F)(F)F)cc(C(F)(F)F)c1. The Morgan fingerprint density at radius 3 is 2.08 bits per heavy atom. The summed E-state index contributed by atoms with van der Waals surface area (Å²) in [7, 11) is 0. The van der Waals surface area contributed by atoms with E-state index >= 15 is 0 Å². The standard InChI is InChI=1S/C17H27FN2.C9H5F6NO/c1-2-20-17(7-4-12-19)16-6-3-5-15(16)13-8-10-14(18)11-9-13;10-8(11,12)6-1-5(4-16-17)2-7(3-6)9(13,14)15/h8-11,15-17,20H,2-7,12,19H2,1H3;1-3H,4H2. The summed E-state index contributed by atoms with van der Waals surface area (Å²) < 4.78 is 86.9. The summed E-state index contributed by atoms with van der Waals surface area (Å²) in [5, 5.41) is 5.91. The third kappa shape index (κ3) is 9.37. The van der Waals surface area contributed by atoms with Crippen molar-refractivity contribution >= 4 is 0 Å². The van der Waals surface area contributed by atoms with E-state index in [1.807, 2.05) is 12.1 Å². The van der Waals surface area contributed by atoms with Crippen molar-refractivity contribution < 1.29 is 30.7 Å². The molecule has 4 nitrogen and oxygen atoms in total. The molecular formula is C26H32F7N3O. The molecule has 0 spiro atoms. The third-order valence-electron chi connectivity index (χ3n) is 6.46. The lowest BCUT2D eigenvalue weighted by Crippen LogP contribution is -2.37. The van der Waals surface area contributed by atoms with Crippen molar-refractivity contribution in [2.24, 2.45) is 16.8 Å². The lowest BCUT2D eigenvalue weighted by Gasteiger charge is -2.30. The Kier molecular flexibility index (Phi) is 11.5. The lowest BCUT2D eigenvalue weighted by molar-refractivity contribution is -0.143. The molecule has 0 amide bonds. The van der Waals surface area contributed by atoms with Gasteiger partial charge in [-0.1, -0.05) is 30.7 Å². The number of nitrogens with two attached hydrogens (primary N) is 1. The fourth-order valence-corrected chi connectivity index (χ4v) is 4.85. The van der Waals surface area contributed by atoms with Crippen LogP contribution in [-0.2, 0) is 18.9 Å². The smallest absolute Gasteiger partial charge is 0.330 e. The van der Waals surface area contributed by atoms with Crippen molar-refractivity contribution in [3.8, 4) is 0 Å². The molecule has 2 aromatic carbocycles. The van der Waals surface area contributed by atoms with Crippen LogP contribution in [0.1, 0.15) is 67.2 Å². The van der Waals surface area contributed by atoms with Crippen LogP contribution in [0.2, 0.25) is 0 Å². The summed E-state index contributed by atoms with van der Waals surface area (Å²) in [6.07, 6.45) is -3.82. The maximum absolute atomic E-state index is 13.1. The fourth-order valence-electron chi connectivity index (χ4n) is 4.85. The first-order valence-electron chi connectivity index (χ1n) is 12.2. The lowest BCUT2D eigenvalue weighted by atomic mass is 9.82. The average molecular weight is 536 g/mol. The Labute approximate surface area is 211 Å². The second-order valence-corrected chi connectivity index (χ2v) is 9.05. The number of hydrogen-bond donors (Lipinski definition) is 2. The molecule has 0 saturated heterocycles. The van der Waals surface area contributed by atoms with Gasteiger partial charge in [-0.05, 0) is 92.1 Å². The summed E-state index contributed by atoms with van der Waals surface area (Å²) in [4.78, 5) is 9.88. The highest BCUT2D eigenvalue weighted by atomic mass is 19.4. The molecule has 3 unspecified atom stereocenters. The average Bonchev–Trinajstić information content (AvgIpc) is 3.31. The largest absolute Gasteiger partial charge is 0.416 e. The Balaban J connectivity index is 0.000000264. The summed E-state index contributed by atoms with van der Waals surface area (Å²) in [6, 6.07) is 8.58. The number of nitroso groups, excluding NO2 is 1. The first kappa shape index (κ1) is 30.7. The van der Waals surface area contributed by atoms with Crippen LogP contribution in [0, 0.1) is 16.6 Å². The molecule has 3 N–H and O–H groups in total. The molecule has 0 heterocycles. The maximum Gasteiger partial charge on any atom is 0.416 e. The summed E-state index contributed by atoms with van der Waals surface area (Å²) >= 11 is 0. The quantitative estimate of drug-likeness (QED) is 0.259. The highest BCUT2D eigenvalue weighted by molar-refractivity contribution is 5.33. The van der Waals surface area contributed by atoms with Crippen LogP contribution in [0.3, 0.4) is 0 Å². The van der Waals surface area contributed by atoms with Gasteiger partial charge in [-0.3, -0.25) is 0 Å². The number of nitrogens with zero attached hydrogens (tertiary/aromatic N) is 1. The molecule has 1 saturated carbocycles. The zero-order valence-electron chi connectivity index (χ0n) is 20.5. The van der Waals surface area contributed by atoms with Gasteiger partial charge in [0, 0.05) is 6.04 Å². The molecular weight excluding hydrogens is 503 g/mol. The molecule has 2 aromatic rings. The van der Waals surface area contributed by atoms with Gasteiger partial charge in [0.25, 0.3) is 0 Å². The Hall–Kier alpha value is -2.53. The molecule has 1 aliphatic carbocycles. The van der Waals surface area contributed by atoms with Crippen LogP contribution in [0.5, 0.6) is 0 Å². The second kappa shape index (κ2) is 13.9. The predicted molar refractivity (Wildman–Crippen MR) is 128 cm³/mol. The zero-order chi connectivity index (χ0) is 27.6. The molecule has 1 fully saturated rings. The molecule has 0 aliphatic heterocycles. The number of rotatable bonds is 9. The van der Waals surface area contributed by atoms with Gasteiger partial charge in [0.1, 0.15) is 12.4 Å². The van der Waals surface area contributed by atoms with Crippen LogP contribution < -0.4 is 11.1 Å². The molecule has 3 rings (SSSR count). The number of alkyl halides is 6. The van der Waals surface area contributed by atoms with Crippen molar-refractivity contribution in [2.75, 3.05) is 13.1 Å². The molecule has 37 heavy (non-hydrogen) atoms. The number of halogens is 7. The fraction of sp³-hybridized carbons (Fsp3) is 0.538. The highest BCUT2D eigenvalue weighted by Crippen LogP contribution is 2.42. The van der Waals surface area contributed by atoms with Gasteiger partial charge in [0.05, 0.1) is 11.1 Å². The maximum atomic E-state index is 13.1. The van der Waals surface area contributed by atoms with E-state index in [2.05, 4.69) is 17.4 Å². The van der Waals surface area contributed by atoms with Crippen molar-refractivity contribution in [1.29, 1.82) is 0 Å². The molecule has 206 valence electrons. The van der Waals surface area contributed by atoms with E-state index in [1.54, 1.807) is 12.1 Å². The number of hydrogen-bond acceptors (Lipinski definition) is 4. The first-order chi connectivity index (χ1) is 17.4. The minimum Gasteiger partial charge on any atom is -0.330 e. The Morgan fingerprint density at radius 2 is 1.59 bits per heavy atom. The molecule has 3 atom stereocenters. The van der Waals surface area contributed by atoms with Crippen molar-refractivity contribution in [2.45, 2.75) is 69.9 Å². The zero-order valence-corrected chi connectivity index (χ0v) is 20.5. The van der Waals surface area contributed by atoms with Crippen molar-refractivity contribution in [1.82, 2.24) is 5.32 Å². The summed E-state index contributed by atoms with van der Waals surface area (Å²) in [5.41, 5.74) is 3.63. The molecule has 0 bridgehead atoms. The topological polar surface area (TPSA) is 67.5 Å². The highest BCUT2D eigenvalue weighted by Gasteiger charge is 2.37. The van der Waals surface area contributed by atoms with Crippen molar-refractivity contribution in [3.05, 3.63) is 75.4 Å². The predicted octanol–water partition coefficient (Wildman–Crippen LogP) is 7.42. The second-order valence-electron chi connectivity index (χ2n) is 9.05. The van der Waals surface area contributed by atoms with E-state index in [9.17, 15) is 35.6 Å². The van der Waals surface area contributed by atoms with Crippen LogP contribution >= 0.6 is 0 Å². The molecule has 0 radical (unpaired) electrons. The van der Waals surface area contributed by atoms with Gasteiger partial charge < -0.3 is 11.1 Å². The van der Waals surface area contributed by atoms with Crippen LogP contribution in [0.4, 0.5) is 30.7 Å². The van der Waals surface area contributed by atoms with Crippen molar-refractivity contribution in [3.63, 3.8) is 0 Å².